The summed E-state index contributed by atoms with van der Waals surface area (Å²) in [6.07, 6.45) is 2.48. The van der Waals surface area contributed by atoms with Crippen molar-refractivity contribution < 1.29 is 4.42 Å². The molecule has 1 fully saturated rings. The third-order valence-electron chi connectivity index (χ3n) is 4.25. The predicted octanol–water partition coefficient (Wildman–Crippen LogP) is 5.12. The summed E-state index contributed by atoms with van der Waals surface area (Å²) in [7, 11) is 0. The smallest absolute Gasteiger partial charge is 0.248 e. The molecule has 22 heavy (non-hydrogen) atoms. The van der Waals surface area contributed by atoms with E-state index in [0.717, 1.165) is 12.2 Å². The average molecular weight is 327 g/mol. The molecule has 0 N–H and O–H groups in total. The van der Waals surface area contributed by atoms with Crippen molar-refractivity contribution >= 4 is 29.3 Å². The van der Waals surface area contributed by atoms with Crippen LogP contribution in [-0.2, 0) is 0 Å². The first-order valence-electron chi connectivity index (χ1n) is 7.78. The van der Waals surface area contributed by atoms with Crippen molar-refractivity contribution in [2.75, 3.05) is 11.5 Å². The third-order valence-corrected chi connectivity index (χ3v) is 7.63. The van der Waals surface area contributed by atoms with Gasteiger partial charge in [-0.1, -0.05) is 36.4 Å². The van der Waals surface area contributed by atoms with Gasteiger partial charge in [-0.25, -0.2) is 4.42 Å². The fraction of sp³-hybridized carbons (Fsp3) is 0.316. The molecule has 2 aliphatic heterocycles. The lowest BCUT2D eigenvalue weighted by atomic mass is 10.0. The second-order valence-corrected chi connectivity index (χ2v) is 8.85. The van der Waals surface area contributed by atoms with Gasteiger partial charge in [-0.2, -0.15) is 0 Å². The molecule has 4 rings (SSSR count). The van der Waals surface area contributed by atoms with Crippen LogP contribution in [-0.4, -0.2) is 21.4 Å². The SMILES string of the molecule is c1ccc(C2=[O+]C(c3ccccc3)C3(C2)SCCCS3)cc1. The van der Waals surface area contributed by atoms with E-state index in [1.54, 1.807) is 0 Å². The highest BCUT2D eigenvalue weighted by Crippen LogP contribution is 2.57. The van der Waals surface area contributed by atoms with Gasteiger partial charge >= 0.3 is 11.9 Å². The average Bonchev–Trinajstić information content (AvgIpc) is 2.96. The van der Waals surface area contributed by atoms with E-state index < -0.39 is 0 Å². The summed E-state index contributed by atoms with van der Waals surface area (Å²) in [6, 6.07) is 21.3. The Labute approximate surface area is 140 Å². The number of hydrogen-bond acceptors (Lipinski definition) is 2. The lowest BCUT2D eigenvalue weighted by Gasteiger charge is -2.30. The van der Waals surface area contributed by atoms with Crippen LogP contribution >= 0.6 is 23.5 Å². The fourth-order valence-corrected chi connectivity index (χ4v) is 6.60. The highest BCUT2D eigenvalue weighted by Gasteiger charge is 2.57. The maximum Gasteiger partial charge on any atom is 0.330 e. The van der Waals surface area contributed by atoms with Crippen LogP contribution in [0.2, 0.25) is 0 Å². The molecule has 1 nitrogen and oxygen atoms in total. The van der Waals surface area contributed by atoms with Crippen LogP contribution in [0.25, 0.3) is 0 Å². The van der Waals surface area contributed by atoms with Crippen LogP contribution in [0, 0.1) is 0 Å². The van der Waals surface area contributed by atoms with E-state index in [1.807, 2.05) is 0 Å². The molecule has 1 atom stereocenters. The largest absolute Gasteiger partial charge is 0.330 e. The highest BCUT2D eigenvalue weighted by molar-refractivity contribution is 8.18. The second kappa shape index (κ2) is 6.13. The number of hydrogen-bond donors (Lipinski definition) is 0. The van der Waals surface area contributed by atoms with Gasteiger partial charge in [0.25, 0.3) is 0 Å². The topological polar surface area (TPSA) is 11.3 Å². The molecule has 2 heterocycles. The number of carbonyl (C=O) groups excluding carboxylic acids is 1. The Morgan fingerprint density at radius 3 is 2.18 bits per heavy atom. The maximum absolute atomic E-state index is 6.50. The van der Waals surface area contributed by atoms with Crippen molar-refractivity contribution in [2.45, 2.75) is 23.0 Å². The molecule has 1 saturated heterocycles. The van der Waals surface area contributed by atoms with E-state index in [4.69, 9.17) is 4.42 Å². The molecule has 2 aromatic rings. The molecule has 0 amide bonds. The zero-order chi connectivity index (χ0) is 14.8. The number of thioether (sulfide) groups is 2. The minimum atomic E-state index is 0.144. The first kappa shape index (κ1) is 14.4. The van der Waals surface area contributed by atoms with Crippen molar-refractivity contribution in [2.24, 2.45) is 0 Å². The Hall–Kier alpha value is -1.19. The molecule has 112 valence electrons. The zero-order valence-electron chi connectivity index (χ0n) is 12.4. The van der Waals surface area contributed by atoms with Crippen LogP contribution in [0.4, 0.5) is 0 Å². The van der Waals surface area contributed by atoms with Crippen LogP contribution < -0.4 is 0 Å². The van der Waals surface area contributed by atoms with Crippen molar-refractivity contribution in [3.63, 3.8) is 0 Å². The summed E-state index contributed by atoms with van der Waals surface area (Å²) >= 11 is 4.18. The molecular formula is C19H19OS2+. The monoisotopic (exact) mass is 327 g/mol. The molecule has 1 spiro atoms. The minimum absolute atomic E-state index is 0.144. The van der Waals surface area contributed by atoms with Gasteiger partial charge in [0, 0.05) is 0 Å². The Morgan fingerprint density at radius 2 is 1.50 bits per heavy atom. The fourth-order valence-electron chi connectivity index (χ4n) is 3.18. The van der Waals surface area contributed by atoms with E-state index in [-0.39, 0.29) is 10.2 Å². The molecule has 0 bridgehead atoms. The zero-order valence-corrected chi connectivity index (χ0v) is 14.0. The van der Waals surface area contributed by atoms with Crippen molar-refractivity contribution in [1.29, 1.82) is 0 Å². The summed E-state index contributed by atoms with van der Waals surface area (Å²) in [4.78, 5) is 0. The molecule has 0 radical (unpaired) electrons. The predicted molar refractivity (Wildman–Crippen MR) is 96.8 cm³/mol. The molecule has 2 aliphatic rings. The number of rotatable bonds is 2. The van der Waals surface area contributed by atoms with Crippen molar-refractivity contribution in [3.8, 4) is 0 Å². The summed E-state index contributed by atoms with van der Waals surface area (Å²) in [5, 5.41) is 0. The summed E-state index contributed by atoms with van der Waals surface area (Å²) in [5.41, 5.74) is 2.53. The Morgan fingerprint density at radius 1 is 0.864 bits per heavy atom. The Kier molecular flexibility index (Phi) is 4.01. The molecule has 0 aromatic heterocycles. The second-order valence-electron chi connectivity index (χ2n) is 5.74. The molecule has 0 saturated carbocycles. The Balaban J connectivity index is 1.74. The van der Waals surface area contributed by atoms with Gasteiger partial charge in [0.2, 0.25) is 0 Å². The Bertz CT molecular complexity index is 660. The van der Waals surface area contributed by atoms with Crippen LogP contribution in [0.15, 0.2) is 60.7 Å². The van der Waals surface area contributed by atoms with E-state index in [2.05, 4.69) is 84.2 Å². The van der Waals surface area contributed by atoms with E-state index in [1.165, 1.54) is 29.1 Å². The van der Waals surface area contributed by atoms with E-state index in [9.17, 15) is 0 Å². The van der Waals surface area contributed by atoms with Gasteiger partial charge in [-0.15, -0.1) is 23.5 Å². The minimum Gasteiger partial charge on any atom is -0.248 e. The first-order chi connectivity index (χ1) is 10.9. The van der Waals surface area contributed by atoms with Gasteiger partial charge in [0.05, 0.1) is 17.5 Å². The summed E-state index contributed by atoms with van der Waals surface area (Å²) in [5.74, 6) is 3.63. The van der Waals surface area contributed by atoms with Crippen LogP contribution in [0.5, 0.6) is 0 Å². The highest BCUT2D eigenvalue weighted by atomic mass is 32.2. The molecule has 1 unspecified atom stereocenters. The van der Waals surface area contributed by atoms with Gasteiger partial charge in [-0.05, 0) is 42.2 Å². The summed E-state index contributed by atoms with van der Waals surface area (Å²) < 4.78 is 6.65. The van der Waals surface area contributed by atoms with E-state index >= 15 is 0 Å². The van der Waals surface area contributed by atoms with Crippen molar-refractivity contribution in [3.05, 3.63) is 71.8 Å². The first-order valence-corrected chi connectivity index (χ1v) is 9.75. The third kappa shape index (κ3) is 2.61. The normalized spacial score (nSPS) is 23.5. The molecule has 0 aliphatic carbocycles. The van der Waals surface area contributed by atoms with Crippen LogP contribution in [0.3, 0.4) is 0 Å². The number of benzene rings is 2. The molecule has 2 aromatic carbocycles. The van der Waals surface area contributed by atoms with Gasteiger partial charge in [-0.3, -0.25) is 0 Å². The van der Waals surface area contributed by atoms with Gasteiger partial charge < -0.3 is 0 Å². The van der Waals surface area contributed by atoms with Crippen LogP contribution in [0.1, 0.15) is 34.5 Å². The van der Waals surface area contributed by atoms with Gasteiger partial charge in [0.15, 0.2) is 4.08 Å². The lowest BCUT2D eigenvalue weighted by Crippen LogP contribution is -2.29. The lowest BCUT2D eigenvalue weighted by molar-refractivity contribution is -0.321. The standard InChI is InChI=1S/C19H19OS2/c1-3-8-15(9-4-1)17-14-19(21-12-7-13-22-19)18(20-17)16-10-5-2-6-11-16/h1-6,8-11,18H,7,12-14H2/q+1. The van der Waals surface area contributed by atoms with Gasteiger partial charge in [0.1, 0.15) is 0 Å². The van der Waals surface area contributed by atoms with E-state index in [0.29, 0.717) is 0 Å². The molecule has 3 heteroatoms. The number of ketones is 1. The quantitative estimate of drug-likeness (QED) is 0.710. The van der Waals surface area contributed by atoms with Crippen molar-refractivity contribution in [1.82, 2.24) is 0 Å². The maximum atomic E-state index is 6.50. The summed E-state index contributed by atoms with van der Waals surface area (Å²) in [6.45, 7) is 0. The molecular weight excluding hydrogens is 308 g/mol.